The van der Waals surface area contributed by atoms with E-state index in [1.54, 1.807) is 13.8 Å². The first-order chi connectivity index (χ1) is 15.7. The minimum absolute atomic E-state index is 0.0288. The minimum Gasteiger partial charge on any atom is -0.452 e. The Balaban J connectivity index is 1.86. The molecule has 180 valence electrons. The van der Waals surface area contributed by atoms with Crippen molar-refractivity contribution in [2.24, 2.45) is 0 Å². The van der Waals surface area contributed by atoms with Crippen LogP contribution in [0.25, 0.3) is 0 Å². The number of nitrogens with one attached hydrogen (secondary N) is 2. The van der Waals surface area contributed by atoms with Crippen LogP contribution in [0.15, 0.2) is 46.7 Å². The average Bonchev–Trinajstić information content (AvgIpc) is 3.32. The molecule has 0 radical (unpaired) electrons. The second-order valence-corrected chi connectivity index (χ2v) is 10.0. The van der Waals surface area contributed by atoms with Crippen molar-refractivity contribution in [3.63, 3.8) is 0 Å². The van der Waals surface area contributed by atoms with Gasteiger partial charge in [0, 0.05) is 17.5 Å². The molecule has 0 saturated heterocycles. The van der Waals surface area contributed by atoms with E-state index < -0.39 is 28.5 Å². The number of carbonyl (C=O) groups is 3. The molecule has 0 bridgehead atoms. The number of benzene rings is 1. The summed E-state index contributed by atoms with van der Waals surface area (Å²) in [6.07, 6.45) is 0.642. The lowest BCUT2D eigenvalue weighted by molar-refractivity contribution is -0.138. The summed E-state index contributed by atoms with van der Waals surface area (Å²) in [7, 11) is -3.69. The highest BCUT2D eigenvalue weighted by molar-refractivity contribution is 7.89. The summed E-state index contributed by atoms with van der Waals surface area (Å²) in [6.45, 7) is 5.33. The summed E-state index contributed by atoms with van der Waals surface area (Å²) >= 11 is 1.52. The molecule has 1 aromatic heterocycles. The lowest BCUT2D eigenvalue weighted by Crippen LogP contribution is -2.42. The van der Waals surface area contributed by atoms with E-state index in [-0.39, 0.29) is 35.5 Å². The maximum absolute atomic E-state index is 12.4. The molecule has 1 aromatic carbocycles. The summed E-state index contributed by atoms with van der Waals surface area (Å²) in [6, 6.07) is 8.83. The summed E-state index contributed by atoms with van der Waals surface area (Å²) in [5, 5.41) is 4.65. The van der Waals surface area contributed by atoms with Gasteiger partial charge < -0.3 is 15.0 Å². The number of hydrogen-bond donors (Lipinski definition) is 2. The predicted molar refractivity (Wildman–Crippen MR) is 125 cm³/mol. The Labute approximate surface area is 198 Å². The summed E-state index contributed by atoms with van der Waals surface area (Å²) in [5.74, 6) is -1.58. The molecule has 2 rings (SSSR count). The third kappa shape index (κ3) is 8.26. The first kappa shape index (κ1) is 26.5. The second-order valence-electron chi connectivity index (χ2n) is 7.30. The van der Waals surface area contributed by atoms with Crippen LogP contribution in [-0.2, 0) is 30.9 Å². The van der Waals surface area contributed by atoms with E-state index in [2.05, 4.69) is 10.0 Å². The molecule has 0 aliphatic rings. The Morgan fingerprint density at radius 2 is 1.82 bits per heavy atom. The highest BCUT2D eigenvalue weighted by atomic mass is 32.2. The topological polar surface area (TPSA) is 122 Å². The maximum Gasteiger partial charge on any atom is 0.338 e. The first-order valence-electron chi connectivity index (χ1n) is 10.5. The third-order valence-electron chi connectivity index (χ3n) is 4.80. The molecule has 9 nitrogen and oxygen atoms in total. The Morgan fingerprint density at radius 1 is 1.12 bits per heavy atom. The molecular formula is C22H29N3O6S2. The number of hydrogen-bond acceptors (Lipinski definition) is 7. The van der Waals surface area contributed by atoms with Crippen molar-refractivity contribution in [1.82, 2.24) is 14.9 Å². The van der Waals surface area contributed by atoms with E-state index in [9.17, 15) is 22.8 Å². The van der Waals surface area contributed by atoms with Gasteiger partial charge in [0.2, 0.25) is 15.9 Å². The summed E-state index contributed by atoms with van der Waals surface area (Å²) in [5.41, 5.74) is 0.113. The Bertz CT molecular complexity index is 1040. The molecule has 0 saturated carbocycles. The first-order valence-corrected chi connectivity index (χ1v) is 12.9. The highest BCUT2D eigenvalue weighted by Crippen LogP contribution is 2.13. The van der Waals surface area contributed by atoms with Crippen molar-refractivity contribution < 1.29 is 27.5 Å². The monoisotopic (exact) mass is 495 g/mol. The number of carbonyl (C=O) groups excluding carboxylic acids is 3. The molecule has 0 spiro atoms. The number of thiophene rings is 1. The van der Waals surface area contributed by atoms with Crippen LogP contribution in [0.2, 0.25) is 0 Å². The van der Waals surface area contributed by atoms with Gasteiger partial charge in [-0.2, -0.15) is 0 Å². The Morgan fingerprint density at radius 3 is 2.39 bits per heavy atom. The summed E-state index contributed by atoms with van der Waals surface area (Å²) < 4.78 is 32.2. The molecule has 0 aliphatic carbocycles. The molecule has 0 aliphatic heterocycles. The Kier molecular flexibility index (Phi) is 10.0. The van der Waals surface area contributed by atoms with Gasteiger partial charge in [0.1, 0.15) is 0 Å². The quantitative estimate of drug-likeness (QED) is 0.435. The maximum atomic E-state index is 12.4. The zero-order chi connectivity index (χ0) is 24.4. The number of amides is 2. The largest absolute Gasteiger partial charge is 0.452 e. The molecule has 1 heterocycles. The van der Waals surface area contributed by atoms with E-state index in [1.807, 2.05) is 24.4 Å². The zero-order valence-corrected chi connectivity index (χ0v) is 20.5. The lowest BCUT2D eigenvalue weighted by Gasteiger charge is -2.20. The normalized spacial score (nSPS) is 12.1. The second kappa shape index (κ2) is 12.5. The standard InChI is InChI=1S/C22H29N3O6S2/c1-4-16(3)24-33(29,30)19-10-8-17(9-11-19)22(28)31-15-21(27)25(5-2)14-20(26)23-13-18-7-6-12-32-18/h6-12,16,24H,4-5,13-15H2,1-3H3,(H,23,26). The number of nitrogens with zero attached hydrogens (tertiary/aromatic N) is 1. The molecule has 2 aromatic rings. The molecule has 0 fully saturated rings. The molecule has 11 heteroatoms. The minimum atomic E-state index is -3.69. The van der Waals surface area contributed by atoms with E-state index in [1.165, 1.54) is 40.5 Å². The molecular weight excluding hydrogens is 466 g/mol. The number of ether oxygens (including phenoxy) is 1. The smallest absolute Gasteiger partial charge is 0.338 e. The molecule has 1 unspecified atom stereocenters. The van der Waals surface area contributed by atoms with Crippen molar-refractivity contribution in [2.45, 2.75) is 44.7 Å². The molecule has 2 N–H and O–H groups in total. The number of sulfonamides is 1. The average molecular weight is 496 g/mol. The molecule has 1 atom stereocenters. The Hall–Kier alpha value is -2.76. The molecule has 2 amide bonds. The summed E-state index contributed by atoms with van der Waals surface area (Å²) in [4.78, 5) is 39.1. The van der Waals surface area contributed by atoms with Gasteiger partial charge >= 0.3 is 5.97 Å². The van der Waals surface area contributed by atoms with Gasteiger partial charge in [-0.1, -0.05) is 13.0 Å². The van der Waals surface area contributed by atoms with Crippen LogP contribution in [0.1, 0.15) is 42.4 Å². The third-order valence-corrected chi connectivity index (χ3v) is 7.29. The van der Waals surface area contributed by atoms with Gasteiger partial charge in [-0.05, 0) is 56.0 Å². The van der Waals surface area contributed by atoms with Gasteiger partial charge in [-0.25, -0.2) is 17.9 Å². The van der Waals surface area contributed by atoms with Crippen LogP contribution >= 0.6 is 11.3 Å². The van der Waals surface area contributed by atoms with Crippen molar-refractivity contribution >= 4 is 39.1 Å². The van der Waals surface area contributed by atoms with Crippen molar-refractivity contribution in [3.05, 3.63) is 52.2 Å². The van der Waals surface area contributed by atoms with Crippen molar-refractivity contribution in [3.8, 4) is 0 Å². The van der Waals surface area contributed by atoms with Crippen LogP contribution in [0.5, 0.6) is 0 Å². The van der Waals surface area contributed by atoms with Crippen LogP contribution in [0.3, 0.4) is 0 Å². The highest BCUT2D eigenvalue weighted by Gasteiger charge is 2.20. The van der Waals surface area contributed by atoms with Crippen LogP contribution in [-0.4, -0.2) is 56.8 Å². The van der Waals surface area contributed by atoms with E-state index in [0.717, 1.165) is 4.88 Å². The predicted octanol–water partition coefficient (Wildman–Crippen LogP) is 2.15. The van der Waals surface area contributed by atoms with Crippen LogP contribution < -0.4 is 10.0 Å². The fraction of sp³-hybridized carbons (Fsp3) is 0.409. The SMILES string of the molecule is CCC(C)NS(=O)(=O)c1ccc(C(=O)OCC(=O)N(CC)CC(=O)NCc2cccs2)cc1. The van der Waals surface area contributed by atoms with Gasteiger partial charge in [-0.3, -0.25) is 9.59 Å². The number of rotatable bonds is 12. The van der Waals surface area contributed by atoms with Crippen LogP contribution in [0.4, 0.5) is 0 Å². The van der Waals surface area contributed by atoms with Gasteiger partial charge in [-0.15, -0.1) is 11.3 Å². The fourth-order valence-electron chi connectivity index (χ4n) is 2.69. The van der Waals surface area contributed by atoms with E-state index in [0.29, 0.717) is 13.0 Å². The zero-order valence-electron chi connectivity index (χ0n) is 18.9. The van der Waals surface area contributed by atoms with Crippen LogP contribution in [0, 0.1) is 0 Å². The molecule has 33 heavy (non-hydrogen) atoms. The van der Waals surface area contributed by atoms with E-state index >= 15 is 0 Å². The van der Waals surface area contributed by atoms with Gasteiger partial charge in [0.25, 0.3) is 5.91 Å². The van der Waals surface area contributed by atoms with Gasteiger partial charge in [0.15, 0.2) is 6.61 Å². The van der Waals surface area contributed by atoms with Crippen molar-refractivity contribution in [1.29, 1.82) is 0 Å². The van der Waals surface area contributed by atoms with Gasteiger partial charge in [0.05, 0.1) is 23.5 Å². The fourth-order valence-corrected chi connectivity index (χ4v) is 4.66. The van der Waals surface area contributed by atoms with Crippen molar-refractivity contribution in [2.75, 3.05) is 19.7 Å². The number of likely N-dealkylation sites (N-methyl/N-ethyl adjacent to an activating group) is 1. The van der Waals surface area contributed by atoms with E-state index in [4.69, 9.17) is 4.74 Å². The lowest BCUT2D eigenvalue weighted by atomic mass is 10.2. The number of esters is 1.